The predicted molar refractivity (Wildman–Crippen MR) is 90.5 cm³/mol. The molecule has 0 N–H and O–H groups in total. The maximum atomic E-state index is 11.9. The molecule has 23 heavy (non-hydrogen) atoms. The van der Waals surface area contributed by atoms with Gasteiger partial charge in [0.05, 0.1) is 5.44 Å². The van der Waals surface area contributed by atoms with Gasteiger partial charge < -0.3 is 0 Å². The van der Waals surface area contributed by atoms with E-state index in [4.69, 9.17) is 0 Å². The van der Waals surface area contributed by atoms with E-state index in [1.54, 1.807) is 0 Å². The van der Waals surface area contributed by atoms with Gasteiger partial charge in [-0.3, -0.25) is 0 Å². The summed E-state index contributed by atoms with van der Waals surface area (Å²) in [5.74, 6) is 0. The van der Waals surface area contributed by atoms with Crippen molar-refractivity contribution in [1.29, 1.82) is 0 Å². The standard InChI is InChI=1S/C12H10.C6H5F3NP/c1-3-7-11(8-4-1)12-9-5-2-6-10-12;7-6(8,9)4-2-1-3-5(11)10-4/h1-10H;1-3H,11H2. The van der Waals surface area contributed by atoms with Crippen LogP contribution >= 0.6 is 9.24 Å². The molecule has 118 valence electrons. The second-order valence-electron chi connectivity index (χ2n) is 4.68. The Balaban J connectivity index is 0.000000168. The molecule has 3 aromatic rings. The first-order chi connectivity index (χ1) is 11.0. The molecule has 3 rings (SSSR count). The molecule has 1 unspecified atom stereocenters. The van der Waals surface area contributed by atoms with Crippen LogP contribution in [0.4, 0.5) is 13.2 Å². The molecule has 0 saturated heterocycles. The van der Waals surface area contributed by atoms with Gasteiger partial charge in [-0.15, -0.1) is 0 Å². The third-order valence-corrected chi connectivity index (χ3v) is 3.26. The number of hydrogen-bond donors (Lipinski definition) is 0. The summed E-state index contributed by atoms with van der Waals surface area (Å²) in [5.41, 5.74) is 1.99. The highest BCUT2D eigenvalue weighted by molar-refractivity contribution is 7.26. The zero-order valence-electron chi connectivity index (χ0n) is 12.2. The molecule has 5 heteroatoms. The van der Waals surface area contributed by atoms with Crippen molar-refractivity contribution in [2.24, 2.45) is 0 Å². The molecule has 0 amide bonds. The van der Waals surface area contributed by atoms with Gasteiger partial charge in [-0.2, -0.15) is 13.2 Å². The van der Waals surface area contributed by atoms with Gasteiger partial charge in [0.1, 0.15) is 5.69 Å². The smallest absolute Gasteiger partial charge is 0.244 e. The minimum Gasteiger partial charge on any atom is -0.244 e. The SMILES string of the molecule is FC(F)(F)c1cccc(P)n1.c1ccc(-c2ccccc2)cc1. The molecular formula is C18H15F3NP. The van der Waals surface area contributed by atoms with Crippen LogP contribution in [-0.4, -0.2) is 4.98 Å². The fourth-order valence-electron chi connectivity index (χ4n) is 1.87. The fourth-order valence-corrected chi connectivity index (χ4v) is 2.12. The molecule has 2 aromatic carbocycles. The van der Waals surface area contributed by atoms with Gasteiger partial charge in [-0.25, -0.2) is 4.98 Å². The van der Waals surface area contributed by atoms with Gasteiger partial charge in [0.15, 0.2) is 0 Å². The third-order valence-electron chi connectivity index (χ3n) is 2.94. The van der Waals surface area contributed by atoms with Crippen LogP contribution in [0.1, 0.15) is 5.69 Å². The van der Waals surface area contributed by atoms with Gasteiger partial charge in [0, 0.05) is 0 Å². The molecule has 1 nitrogen and oxygen atoms in total. The summed E-state index contributed by atoms with van der Waals surface area (Å²) in [6.45, 7) is 0. The maximum Gasteiger partial charge on any atom is 0.433 e. The second kappa shape index (κ2) is 7.89. The van der Waals surface area contributed by atoms with E-state index in [9.17, 15) is 13.2 Å². The Morgan fingerprint density at radius 1 is 0.652 bits per heavy atom. The summed E-state index contributed by atoms with van der Waals surface area (Å²) in [7, 11) is 2.11. The van der Waals surface area contributed by atoms with E-state index in [0.717, 1.165) is 6.07 Å². The Morgan fingerprint density at radius 2 is 1.13 bits per heavy atom. The lowest BCUT2D eigenvalue weighted by Gasteiger charge is -2.04. The van der Waals surface area contributed by atoms with Gasteiger partial charge in [0.25, 0.3) is 0 Å². The number of halogens is 3. The molecule has 0 spiro atoms. The molecular weight excluding hydrogens is 318 g/mol. The number of pyridine rings is 1. The van der Waals surface area contributed by atoms with Gasteiger partial charge in [0.2, 0.25) is 0 Å². The van der Waals surface area contributed by atoms with Crippen LogP contribution in [0.5, 0.6) is 0 Å². The molecule has 0 bridgehead atoms. The van der Waals surface area contributed by atoms with Crippen LogP contribution in [0.3, 0.4) is 0 Å². The lowest BCUT2D eigenvalue weighted by molar-refractivity contribution is -0.141. The van der Waals surface area contributed by atoms with Crippen LogP contribution in [0.25, 0.3) is 11.1 Å². The quantitative estimate of drug-likeness (QED) is 0.574. The highest BCUT2D eigenvalue weighted by atomic mass is 31.0. The van der Waals surface area contributed by atoms with E-state index in [0.29, 0.717) is 5.44 Å². The van der Waals surface area contributed by atoms with E-state index < -0.39 is 11.9 Å². The zero-order chi connectivity index (χ0) is 16.7. The lowest BCUT2D eigenvalue weighted by atomic mass is 10.1. The minimum atomic E-state index is -4.34. The van der Waals surface area contributed by atoms with Gasteiger partial charge in [-0.05, 0) is 23.3 Å². The molecule has 0 aliphatic carbocycles. The summed E-state index contributed by atoms with van der Waals surface area (Å²) >= 11 is 0. The Kier molecular flexibility index (Phi) is 5.89. The van der Waals surface area contributed by atoms with Crippen molar-refractivity contribution in [3.8, 4) is 11.1 Å². The van der Waals surface area contributed by atoms with Crippen molar-refractivity contribution in [2.45, 2.75) is 6.18 Å². The van der Waals surface area contributed by atoms with Gasteiger partial charge in [-0.1, -0.05) is 76.0 Å². The molecule has 0 fully saturated rings. The molecule has 0 aliphatic rings. The summed E-state index contributed by atoms with van der Waals surface area (Å²) in [6, 6.07) is 24.5. The maximum absolute atomic E-state index is 11.9. The monoisotopic (exact) mass is 333 g/mol. The highest BCUT2D eigenvalue weighted by Gasteiger charge is 2.32. The van der Waals surface area contributed by atoms with Crippen molar-refractivity contribution >= 4 is 14.7 Å². The number of alkyl halides is 3. The first-order valence-electron chi connectivity index (χ1n) is 6.87. The highest BCUT2D eigenvalue weighted by Crippen LogP contribution is 2.26. The van der Waals surface area contributed by atoms with Gasteiger partial charge >= 0.3 is 6.18 Å². The Hall–Kier alpha value is -2.19. The molecule has 1 aromatic heterocycles. The van der Waals surface area contributed by atoms with Crippen molar-refractivity contribution in [2.75, 3.05) is 0 Å². The summed E-state index contributed by atoms with van der Waals surface area (Å²) in [5, 5.41) is 0. The Labute approximate surface area is 135 Å². The molecule has 0 saturated carbocycles. The average Bonchev–Trinajstić information content (AvgIpc) is 2.56. The summed E-state index contributed by atoms with van der Waals surface area (Å²) in [6.07, 6.45) is -4.34. The van der Waals surface area contributed by atoms with Crippen molar-refractivity contribution in [1.82, 2.24) is 4.98 Å². The van der Waals surface area contributed by atoms with Crippen molar-refractivity contribution in [3.63, 3.8) is 0 Å². The number of hydrogen-bond acceptors (Lipinski definition) is 1. The minimum absolute atomic E-state index is 0.292. The topological polar surface area (TPSA) is 12.9 Å². The summed E-state index contributed by atoms with van der Waals surface area (Å²) in [4.78, 5) is 3.28. The van der Waals surface area contributed by atoms with Crippen LogP contribution in [-0.2, 0) is 6.18 Å². The zero-order valence-corrected chi connectivity index (χ0v) is 13.3. The normalized spacial score (nSPS) is 10.6. The average molecular weight is 333 g/mol. The van der Waals surface area contributed by atoms with Crippen molar-refractivity contribution in [3.05, 3.63) is 84.6 Å². The number of nitrogens with zero attached hydrogens (tertiary/aromatic N) is 1. The van der Waals surface area contributed by atoms with E-state index in [1.807, 2.05) is 12.1 Å². The fraction of sp³-hybridized carbons (Fsp3) is 0.0556. The molecule has 0 radical (unpaired) electrons. The Bertz CT molecular complexity index is 691. The summed E-state index contributed by atoms with van der Waals surface area (Å²) < 4.78 is 35.7. The van der Waals surface area contributed by atoms with Crippen LogP contribution < -0.4 is 5.44 Å². The number of aromatic nitrogens is 1. The van der Waals surface area contributed by atoms with Crippen LogP contribution in [0, 0.1) is 0 Å². The van der Waals surface area contributed by atoms with Crippen molar-refractivity contribution < 1.29 is 13.2 Å². The van der Waals surface area contributed by atoms with E-state index in [1.165, 1.54) is 23.3 Å². The second-order valence-corrected chi connectivity index (χ2v) is 5.27. The van der Waals surface area contributed by atoms with Crippen LogP contribution in [0.2, 0.25) is 0 Å². The predicted octanol–water partition coefficient (Wildman–Crippen LogP) is 4.95. The lowest BCUT2D eigenvalue weighted by Crippen LogP contribution is -2.12. The Morgan fingerprint density at radius 3 is 1.48 bits per heavy atom. The van der Waals surface area contributed by atoms with E-state index >= 15 is 0 Å². The number of benzene rings is 2. The van der Waals surface area contributed by atoms with Crippen LogP contribution in [0.15, 0.2) is 78.9 Å². The molecule has 1 atom stereocenters. The van der Waals surface area contributed by atoms with E-state index in [-0.39, 0.29) is 0 Å². The first kappa shape index (κ1) is 17.2. The number of rotatable bonds is 1. The largest absolute Gasteiger partial charge is 0.433 e. The first-order valence-corrected chi connectivity index (χ1v) is 7.45. The third kappa shape index (κ3) is 5.50. The molecule has 1 heterocycles. The molecule has 0 aliphatic heterocycles. The van der Waals surface area contributed by atoms with E-state index in [2.05, 4.69) is 62.8 Å².